The Morgan fingerprint density at radius 3 is 0.966 bits per heavy atom. The van der Waals surface area contributed by atoms with Gasteiger partial charge in [-0.05, 0) is 116 Å². The molecule has 0 aliphatic carbocycles. The maximum atomic E-state index is 12.7. The van der Waals surface area contributed by atoms with Crippen molar-refractivity contribution < 1.29 is 37.6 Å². The molecule has 0 heterocycles. The first kappa shape index (κ1) is 83.2. The van der Waals surface area contributed by atoms with Crippen molar-refractivity contribution in [2.45, 2.75) is 315 Å². The van der Waals surface area contributed by atoms with Gasteiger partial charge in [-0.25, -0.2) is 4.57 Å². The van der Waals surface area contributed by atoms with Crippen LogP contribution in [0.5, 0.6) is 0 Å². The highest BCUT2D eigenvalue weighted by Crippen LogP contribution is 2.43. The number of carbonyl (C=O) groups excluding carboxylic acids is 2. The van der Waals surface area contributed by atoms with Gasteiger partial charge in [-0.3, -0.25) is 18.6 Å². The summed E-state index contributed by atoms with van der Waals surface area (Å²) in [6.45, 7) is 3.58. The molecule has 87 heavy (non-hydrogen) atoms. The number of allylic oxidation sites excluding steroid dienone is 22. The molecule has 10 heteroatoms. The van der Waals surface area contributed by atoms with Gasteiger partial charge in [0.15, 0.2) is 6.10 Å². The van der Waals surface area contributed by atoms with E-state index >= 15 is 0 Å². The topological polar surface area (TPSA) is 134 Å². The van der Waals surface area contributed by atoms with E-state index in [1.807, 2.05) is 0 Å². The van der Waals surface area contributed by atoms with Gasteiger partial charge in [-0.2, -0.15) is 0 Å². The van der Waals surface area contributed by atoms with Gasteiger partial charge >= 0.3 is 19.8 Å². The average molecular weight is 1230 g/mol. The molecule has 9 nitrogen and oxygen atoms in total. The first-order chi connectivity index (χ1) is 42.8. The van der Waals surface area contributed by atoms with E-state index in [1.165, 1.54) is 180 Å². The predicted octanol–water partition coefficient (Wildman–Crippen LogP) is 23.6. The average Bonchev–Trinajstić information content (AvgIpc) is 3.62. The minimum atomic E-state index is -4.41. The Labute approximate surface area is 535 Å². The van der Waals surface area contributed by atoms with Crippen LogP contribution in [0.3, 0.4) is 0 Å². The Kier molecular flexibility index (Phi) is 68.1. The number of hydrogen-bond donors (Lipinski definition) is 2. The molecule has 0 saturated heterocycles. The molecule has 0 aromatic rings. The number of hydrogen-bond acceptors (Lipinski definition) is 8. The fourth-order valence-corrected chi connectivity index (χ4v) is 10.5. The van der Waals surface area contributed by atoms with Gasteiger partial charge in [0.25, 0.3) is 0 Å². The van der Waals surface area contributed by atoms with E-state index in [2.05, 4.69) is 148 Å². The second kappa shape index (κ2) is 71.2. The van der Waals surface area contributed by atoms with Crippen molar-refractivity contribution in [3.8, 4) is 0 Å². The molecule has 0 aliphatic rings. The van der Waals surface area contributed by atoms with Crippen LogP contribution in [-0.4, -0.2) is 49.3 Å². The first-order valence-electron chi connectivity index (χ1n) is 35.7. The summed E-state index contributed by atoms with van der Waals surface area (Å²) in [4.78, 5) is 35.3. The van der Waals surface area contributed by atoms with Gasteiger partial charge in [0.1, 0.15) is 6.61 Å². The van der Waals surface area contributed by atoms with E-state index < -0.39 is 32.5 Å². The van der Waals surface area contributed by atoms with Gasteiger partial charge < -0.3 is 20.1 Å². The van der Waals surface area contributed by atoms with Crippen molar-refractivity contribution in [2.24, 2.45) is 5.73 Å². The summed E-state index contributed by atoms with van der Waals surface area (Å²) < 4.78 is 33.1. The molecule has 3 N–H and O–H groups in total. The zero-order chi connectivity index (χ0) is 63.0. The quantitative estimate of drug-likeness (QED) is 0.0264. The molecule has 2 unspecified atom stereocenters. The number of rotatable bonds is 66. The van der Waals surface area contributed by atoms with E-state index in [0.717, 1.165) is 96.3 Å². The fraction of sp³-hybridized carbons (Fsp3) is 0.688. The largest absolute Gasteiger partial charge is 0.472 e. The summed E-state index contributed by atoms with van der Waals surface area (Å²) in [5.41, 5.74) is 5.40. The number of unbranched alkanes of at least 4 members (excludes halogenated alkanes) is 31. The first-order valence-corrected chi connectivity index (χ1v) is 37.2. The van der Waals surface area contributed by atoms with Crippen LogP contribution in [0, 0.1) is 0 Å². The molecule has 498 valence electrons. The summed E-state index contributed by atoms with van der Waals surface area (Å²) in [6.07, 6.45) is 101. The van der Waals surface area contributed by atoms with E-state index in [-0.39, 0.29) is 32.6 Å². The fourth-order valence-electron chi connectivity index (χ4n) is 9.78. The highest BCUT2D eigenvalue weighted by Gasteiger charge is 2.26. The molecule has 0 rings (SSSR count). The minimum absolute atomic E-state index is 0.0405. The molecule has 0 bridgehead atoms. The molecule has 0 spiro atoms. The lowest BCUT2D eigenvalue weighted by molar-refractivity contribution is -0.161. The van der Waals surface area contributed by atoms with Crippen molar-refractivity contribution in [3.63, 3.8) is 0 Å². The van der Waals surface area contributed by atoms with Gasteiger partial charge in [0.05, 0.1) is 13.2 Å². The molecule has 0 fully saturated rings. The van der Waals surface area contributed by atoms with Gasteiger partial charge in [-0.15, -0.1) is 0 Å². The van der Waals surface area contributed by atoms with E-state index in [9.17, 15) is 19.0 Å². The highest BCUT2D eigenvalue weighted by atomic mass is 31.2. The zero-order valence-corrected chi connectivity index (χ0v) is 56.9. The van der Waals surface area contributed by atoms with Crippen LogP contribution in [0.2, 0.25) is 0 Å². The van der Waals surface area contributed by atoms with E-state index in [4.69, 9.17) is 24.3 Å². The molecule has 0 aromatic heterocycles. The van der Waals surface area contributed by atoms with Crippen LogP contribution < -0.4 is 5.73 Å². The lowest BCUT2D eigenvalue weighted by atomic mass is 10.0. The number of carbonyl (C=O) groups is 2. The standard InChI is InChI=1S/C77H132NO8P/c1-3-5-7-9-11-13-15-17-19-21-23-25-27-29-31-32-33-34-35-36-37-38-39-40-41-42-44-45-47-49-51-53-55-57-59-61-63-65-67-69-76(79)83-73-75(74-85-87(81,82)84-72-71-78)86-77(80)70-68-66-64-62-60-58-56-54-52-50-48-46-43-30-28-26-24-22-20-18-16-14-12-10-8-6-4-2/h6,8,12,14-15,17-18,20-21,23-24,26-27,29-30,43,48,50,54,56,60,62,75H,3-5,7,9-11,13,16,19,22,25,28,31-42,44-47,49,51-53,55,57-59,61,63-74,78H2,1-2H3,(H,81,82)/b8-6-,14-12-,17-15-,20-18-,23-21-,26-24-,29-27-,43-30-,50-48-,56-54-,62-60-. The van der Waals surface area contributed by atoms with Crippen molar-refractivity contribution in [1.29, 1.82) is 0 Å². The monoisotopic (exact) mass is 1230 g/mol. The number of phosphoric acid groups is 1. The second-order valence-electron chi connectivity index (χ2n) is 23.4. The van der Waals surface area contributed by atoms with Crippen molar-refractivity contribution in [2.75, 3.05) is 26.4 Å². The van der Waals surface area contributed by atoms with Crippen LogP contribution in [0.1, 0.15) is 309 Å². The lowest BCUT2D eigenvalue weighted by Gasteiger charge is -2.19. The number of esters is 2. The number of ether oxygens (including phenoxy) is 2. The normalized spacial score (nSPS) is 13.7. The third-order valence-corrected chi connectivity index (χ3v) is 16.0. The molecular weight excluding hydrogens is 1100 g/mol. The highest BCUT2D eigenvalue weighted by molar-refractivity contribution is 7.47. The SMILES string of the molecule is CC/C=C\C/C=C\C/C=C\C/C=C\C/C=C\C/C=C\C/C=C\C/C=C\CCCCC(=O)OC(COC(=O)CCCCCCCCCCCCCCCCCCCCCCCCCC/C=C\C/C=C\C/C=C\CCCCCCC)COP(=O)(O)OCCN. The van der Waals surface area contributed by atoms with E-state index in [0.29, 0.717) is 6.42 Å². The third-order valence-electron chi connectivity index (χ3n) is 15.0. The Morgan fingerprint density at radius 1 is 0.356 bits per heavy atom. The van der Waals surface area contributed by atoms with Crippen LogP contribution in [-0.2, 0) is 32.7 Å². The smallest absolute Gasteiger partial charge is 0.462 e. The molecule has 0 aliphatic heterocycles. The Bertz CT molecular complexity index is 1890. The van der Waals surface area contributed by atoms with Crippen molar-refractivity contribution >= 4 is 19.8 Å². The van der Waals surface area contributed by atoms with E-state index in [1.54, 1.807) is 0 Å². The summed E-state index contributed by atoms with van der Waals surface area (Å²) >= 11 is 0. The molecule has 0 aromatic carbocycles. The zero-order valence-electron chi connectivity index (χ0n) is 56.0. The maximum Gasteiger partial charge on any atom is 0.472 e. The summed E-state index contributed by atoms with van der Waals surface area (Å²) in [5, 5.41) is 0. The van der Waals surface area contributed by atoms with Crippen LogP contribution in [0.15, 0.2) is 134 Å². The van der Waals surface area contributed by atoms with Crippen LogP contribution >= 0.6 is 7.82 Å². The Balaban J connectivity index is 3.90. The number of nitrogens with two attached hydrogens (primary N) is 1. The third kappa shape index (κ3) is 71.1. The molecule has 0 saturated carbocycles. The predicted molar refractivity (Wildman–Crippen MR) is 376 cm³/mol. The summed E-state index contributed by atoms with van der Waals surface area (Å²) in [7, 11) is -4.41. The maximum absolute atomic E-state index is 12.7. The molecule has 2 atom stereocenters. The molecule has 0 amide bonds. The Morgan fingerprint density at radius 2 is 0.632 bits per heavy atom. The summed E-state index contributed by atoms with van der Waals surface area (Å²) in [5.74, 6) is -0.877. The summed E-state index contributed by atoms with van der Waals surface area (Å²) in [6, 6.07) is 0. The van der Waals surface area contributed by atoms with Gasteiger partial charge in [-0.1, -0.05) is 314 Å². The minimum Gasteiger partial charge on any atom is -0.462 e. The second-order valence-corrected chi connectivity index (χ2v) is 24.8. The van der Waals surface area contributed by atoms with Crippen molar-refractivity contribution in [1.82, 2.24) is 0 Å². The molecular formula is C77H132NO8P. The number of phosphoric ester groups is 1. The van der Waals surface area contributed by atoms with Crippen LogP contribution in [0.25, 0.3) is 0 Å². The van der Waals surface area contributed by atoms with Gasteiger partial charge in [0, 0.05) is 19.4 Å². The Hall–Kier alpha value is -3.85. The van der Waals surface area contributed by atoms with Crippen LogP contribution in [0.4, 0.5) is 0 Å². The molecule has 0 radical (unpaired) electrons. The lowest BCUT2D eigenvalue weighted by Crippen LogP contribution is -2.29. The van der Waals surface area contributed by atoms with Gasteiger partial charge in [0.2, 0.25) is 0 Å². The van der Waals surface area contributed by atoms with Crippen molar-refractivity contribution in [3.05, 3.63) is 134 Å².